The Labute approximate surface area is 132 Å². The van der Waals surface area contributed by atoms with E-state index < -0.39 is 0 Å². The minimum atomic E-state index is 0.775. The van der Waals surface area contributed by atoms with Gasteiger partial charge in [-0.1, -0.05) is 23.3 Å². The largest absolute Gasteiger partial charge is 0.356 e. The Morgan fingerprint density at radius 1 is 1.52 bits per heavy atom. The van der Waals surface area contributed by atoms with Gasteiger partial charge in [0.25, 0.3) is 0 Å². The van der Waals surface area contributed by atoms with Gasteiger partial charge in [0, 0.05) is 39.6 Å². The summed E-state index contributed by atoms with van der Waals surface area (Å²) in [5, 5.41) is 4.21. The topological polar surface area (TPSA) is 32.6 Å². The van der Waals surface area contributed by atoms with E-state index in [-0.39, 0.29) is 0 Å². The monoisotopic (exact) mass is 308 g/mol. The zero-order valence-electron chi connectivity index (χ0n) is 13.2. The summed E-state index contributed by atoms with van der Waals surface area (Å²) >= 11 is 6.03. The van der Waals surface area contributed by atoms with Crippen LogP contribution in [0.25, 0.3) is 0 Å². The molecule has 0 saturated carbocycles. The maximum Gasteiger partial charge on any atom is 0.193 e. The lowest BCUT2D eigenvalue weighted by Crippen LogP contribution is -2.39. The number of aromatic nitrogens is 1. The second kappa shape index (κ2) is 7.55. The molecule has 1 aliphatic rings. The van der Waals surface area contributed by atoms with E-state index in [2.05, 4.69) is 25.9 Å². The first-order valence-electron chi connectivity index (χ1n) is 7.50. The molecule has 0 aliphatic heterocycles. The van der Waals surface area contributed by atoms with Crippen molar-refractivity contribution in [3.63, 3.8) is 0 Å². The Bertz CT molecular complexity index is 530. The van der Waals surface area contributed by atoms with Crippen LogP contribution in [0.3, 0.4) is 0 Å². The van der Waals surface area contributed by atoms with Crippen LogP contribution in [0, 0.1) is 0 Å². The third kappa shape index (κ3) is 4.53. The molecule has 0 fully saturated rings. The molecule has 0 bridgehead atoms. The Morgan fingerprint density at radius 2 is 2.33 bits per heavy atom. The lowest BCUT2D eigenvalue weighted by atomic mass is 10.2. The Balaban J connectivity index is 1.83. The van der Waals surface area contributed by atoms with E-state index in [0.29, 0.717) is 0 Å². The van der Waals surface area contributed by atoms with Crippen molar-refractivity contribution in [3.8, 4) is 0 Å². The molecule has 2 rings (SSSR count). The van der Waals surface area contributed by atoms with Crippen LogP contribution in [0.4, 0.5) is 0 Å². The van der Waals surface area contributed by atoms with E-state index in [4.69, 9.17) is 11.6 Å². The molecular formula is C16H25ClN4. The van der Waals surface area contributed by atoms with Crippen LogP contribution in [-0.2, 0) is 13.6 Å². The van der Waals surface area contributed by atoms with Gasteiger partial charge in [0.15, 0.2) is 5.96 Å². The van der Waals surface area contributed by atoms with Gasteiger partial charge in [0.1, 0.15) is 0 Å². The van der Waals surface area contributed by atoms with Gasteiger partial charge in [-0.15, -0.1) is 0 Å². The van der Waals surface area contributed by atoms with Gasteiger partial charge >= 0.3 is 0 Å². The second-order valence-corrected chi connectivity index (χ2v) is 6.03. The van der Waals surface area contributed by atoms with Crippen LogP contribution >= 0.6 is 11.6 Å². The summed E-state index contributed by atoms with van der Waals surface area (Å²) in [5.41, 5.74) is 2.75. The van der Waals surface area contributed by atoms with Crippen molar-refractivity contribution in [2.45, 2.75) is 32.2 Å². The number of guanidine groups is 1. The average molecular weight is 309 g/mol. The van der Waals surface area contributed by atoms with E-state index in [9.17, 15) is 0 Å². The summed E-state index contributed by atoms with van der Waals surface area (Å²) < 4.78 is 2.05. The molecule has 1 aromatic rings. The summed E-state index contributed by atoms with van der Waals surface area (Å²) in [7, 11) is 5.88. The molecule has 1 aliphatic carbocycles. The number of nitrogens with zero attached hydrogens (tertiary/aromatic N) is 3. The molecule has 4 nitrogen and oxygen atoms in total. The maximum absolute atomic E-state index is 6.03. The normalized spacial score (nSPS) is 15.2. The van der Waals surface area contributed by atoms with E-state index in [1.165, 1.54) is 25.0 Å². The molecule has 1 N–H and O–H groups in total. The highest BCUT2D eigenvalue weighted by molar-refractivity contribution is 6.30. The summed E-state index contributed by atoms with van der Waals surface area (Å²) in [6.45, 7) is 1.72. The third-order valence-corrected chi connectivity index (χ3v) is 4.12. The Hall–Kier alpha value is -1.42. The predicted molar refractivity (Wildman–Crippen MR) is 89.8 cm³/mol. The summed E-state index contributed by atoms with van der Waals surface area (Å²) in [5.74, 6) is 0.922. The van der Waals surface area contributed by atoms with Crippen molar-refractivity contribution in [1.29, 1.82) is 0 Å². The van der Waals surface area contributed by atoms with Crippen molar-refractivity contribution in [3.05, 3.63) is 34.6 Å². The highest BCUT2D eigenvalue weighted by atomic mass is 35.5. The highest BCUT2D eigenvalue weighted by Gasteiger charge is 2.10. The van der Waals surface area contributed by atoms with Gasteiger partial charge in [-0.3, -0.25) is 4.99 Å². The molecule has 1 aromatic heterocycles. The molecule has 0 radical (unpaired) electrons. The second-order valence-electron chi connectivity index (χ2n) is 5.60. The van der Waals surface area contributed by atoms with E-state index in [0.717, 1.165) is 30.5 Å². The van der Waals surface area contributed by atoms with E-state index >= 15 is 0 Å². The molecule has 0 atom stereocenters. The van der Waals surface area contributed by atoms with Gasteiger partial charge in [-0.2, -0.15) is 0 Å². The van der Waals surface area contributed by atoms with Crippen LogP contribution in [0.5, 0.6) is 0 Å². The lowest BCUT2D eigenvalue weighted by Gasteiger charge is -2.22. The molecule has 0 saturated heterocycles. The predicted octanol–water partition coefficient (Wildman–Crippen LogP) is 3.19. The van der Waals surface area contributed by atoms with E-state index in [1.807, 2.05) is 33.4 Å². The minimum Gasteiger partial charge on any atom is -0.356 e. The standard InChI is InChI=1S/C16H25ClN4/c1-18-16(19-9-8-13-6-4-5-7-13)21(3)12-15-10-14(17)11-20(15)2/h6,10-11H,4-5,7-9,12H2,1-3H3,(H,18,19). The van der Waals surface area contributed by atoms with Gasteiger partial charge in [0.05, 0.1) is 11.6 Å². The van der Waals surface area contributed by atoms with E-state index in [1.54, 1.807) is 5.57 Å². The third-order valence-electron chi connectivity index (χ3n) is 3.91. The molecule has 5 heteroatoms. The number of hydrogen-bond donors (Lipinski definition) is 1. The molecule has 1 heterocycles. The number of nitrogens with one attached hydrogen (secondary N) is 1. The van der Waals surface area contributed by atoms with Crippen molar-refractivity contribution < 1.29 is 0 Å². The maximum atomic E-state index is 6.03. The van der Waals surface area contributed by atoms with Gasteiger partial charge < -0.3 is 14.8 Å². The molecule has 116 valence electrons. The zero-order valence-corrected chi connectivity index (χ0v) is 14.0. The van der Waals surface area contributed by atoms with Crippen LogP contribution in [0.2, 0.25) is 5.02 Å². The van der Waals surface area contributed by atoms with Gasteiger partial charge in [0.2, 0.25) is 0 Å². The summed E-state index contributed by atoms with van der Waals surface area (Å²) in [6.07, 6.45) is 9.24. The average Bonchev–Trinajstić information content (AvgIpc) is 3.05. The fourth-order valence-corrected chi connectivity index (χ4v) is 3.00. The number of hydrogen-bond acceptors (Lipinski definition) is 1. The van der Waals surface area contributed by atoms with Crippen molar-refractivity contribution in [2.24, 2.45) is 12.0 Å². The van der Waals surface area contributed by atoms with Gasteiger partial charge in [-0.25, -0.2) is 0 Å². The molecule has 0 aromatic carbocycles. The summed E-state index contributed by atoms with van der Waals surface area (Å²) in [6, 6.07) is 1.99. The lowest BCUT2D eigenvalue weighted by molar-refractivity contribution is 0.462. The molecule has 21 heavy (non-hydrogen) atoms. The molecule has 0 spiro atoms. The quantitative estimate of drug-likeness (QED) is 0.515. The Kier molecular flexibility index (Phi) is 5.74. The minimum absolute atomic E-state index is 0.775. The SMILES string of the molecule is CN=C(NCCC1=CCCC1)N(C)Cc1cc(Cl)cn1C. The first-order chi connectivity index (χ1) is 10.1. The summed E-state index contributed by atoms with van der Waals surface area (Å²) in [4.78, 5) is 6.47. The molecular weight excluding hydrogens is 284 g/mol. The first-order valence-corrected chi connectivity index (χ1v) is 7.88. The van der Waals surface area contributed by atoms with Gasteiger partial charge in [-0.05, 0) is 31.7 Å². The van der Waals surface area contributed by atoms with Crippen LogP contribution in [-0.4, -0.2) is 36.1 Å². The van der Waals surface area contributed by atoms with Crippen LogP contribution in [0.15, 0.2) is 28.9 Å². The van der Waals surface area contributed by atoms with Crippen molar-refractivity contribution in [2.75, 3.05) is 20.6 Å². The number of aryl methyl sites for hydroxylation is 1. The number of rotatable bonds is 5. The number of aliphatic imine (C=N–C) groups is 1. The van der Waals surface area contributed by atoms with Crippen molar-refractivity contribution >= 4 is 17.6 Å². The molecule has 0 amide bonds. The number of halogens is 1. The van der Waals surface area contributed by atoms with Crippen molar-refractivity contribution in [1.82, 2.24) is 14.8 Å². The fraction of sp³-hybridized carbons (Fsp3) is 0.562. The highest BCUT2D eigenvalue weighted by Crippen LogP contribution is 2.19. The Morgan fingerprint density at radius 3 is 2.90 bits per heavy atom. The first kappa shape index (κ1) is 16.0. The molecule has 0 unspecified atom stereocenters. The number of allylic oxidation sites excluding steroid dienone is 1. The van der Waals surface area contributed by atoms with Crippen LogP contribution < -0.4 is 5.32 Å². The smallest absolute Gasteiger partial charge is 0.193 e. The fourth-order valence-electron chi connectivity index (χ4n) is 2.73. The zero-order chi connectivity index (χ0) is 15.2. The van der Waals surface area contributed by atoms with Crippen LogP contribution in [0.1, 0.15) is 31.4 Å².